The molecule has 31 heavy (non-hydrogen) atoms. The number of anilines is 1. The maximum Gasteiger partial charge on any atom is 0.259 e. The van der Waals surface area contributed by atoms with Crippen molar-refractivity contribution in [2.24, 2.45) is 0 Å². The molecule has 4 rings (SSSR count). The largest absolute Gasteiger partial charge is 0.496 e. The van der Waals surface area contributed by atoms with E-state index in [4.69, 9.17) is 13.9 Å². The molecule has 0 fully saturated rings. The summed E-state index contributed by atoms with van der Waals surface area (Å²) in [6, 6.07) is 14.6. The molecule has 0 aliphatic rings. The molecular formula is C24H21BrN2O4. The number of rotatable bonds is 5. The van der Waals surface area contributed by atoms with Gasteiger partial charge in [-0.25, -0.2) is 4.98 Å². The number of fused-ring (bicyclic) bond motifs is 1. The van der Waals surface area contributed by atoms with E-state index in [1.54, 1.807) is 31.4 Å². The highest BCUT2D eigenvalue weighted by Gasteiger charge is 2.17. The number of methoxy groups -OCH3 is 2. The van der Waals surface area contributed by atoms with Crippen molar-refractivity contribution >= 4 is 38.6 Å². The molecule has 0 aliphatic carbocycles. The van der Waals surface area contributed by atoms with Gasteiger partial charge in [0, 0.05) is 10.0 Å². The predicted octanol–water partition coefficient (Wildman–Crippen LogP) is 6.14. The minimum absolute atomic E-state index is 0.322. The highest BCUT2D eigenvalue weighted by atomic mass is 79.9. The second-order valence-electron chi connectivity index (χ2n) is 7.14. The van der Waals surface area contributed by atoms with Crippen molar-refractivity contribution in [2.45, 2.75) is 13.8 Å². The van der Waals surface area contributed by atoms with E-state index in [1.165, 1.54) is 7.11 Å². The van der Waals surface area contributed by atoms with Crippen molar-refractivity contribution in [3.63, 3.8) is 0 Å². The minimum Gasteiger partial charge on any atom is -0.496 e. The van der Waals surface area contributed by atoms with Gasteiger partial charge >= 0.3 is 0 Å². The van der Waals surface area contributed by atoms with Crippen molar-refractivity contribution in [1.82, 2.24) is 4.98 Å². The summed E-state index contributed by atoms with van der Waals surface area (Å²) in [5.74, 6) is 1.14. The van der Waals surface area contributed by atoms with Crippen LogP contribution >= 0.6 is 15.9 Å². The molecule has 0 unspecified atom stereocenters. The maximum absolute atomic E-state index is 13.0. The summed E-state index contributed by atoms with van der Waals surface area (Å²) in [4.78, 5) is 17.6. The van der Waals surface area contributed by atoms with E-state index in [2.05, 4.69) is 26.2 Å². The van der Waals surface area contributed by atoms with E-state index in [9.17, 15) is 4.79 Å². The highest BCUT2D eigenvalue weighted by molar-refractivity contribution is 9.10. The van der Waals surface area contributed by atoms with E-state index in [0.29, 0.717) is 28.6 Å². The van der Waals surface area contributed by atoms with Gasteiger partial charge in [0.15, 0.2) is 5.58 Å². The smallest absolute Gasteiger partial charge is 0.259 e. The van der Waals surface area contributed by atoms with E-state index in [1.807, 2.05) is 38.1 Å². The van der Waals surface area contributed by atoms with Crippen LogP contribution in [-0.4, -0.2) is 25.1 Å². The van der Waals surface area contributed by atoms with E-state index < -0.39 is 0 Å². The SMILES string of the molecule is COc1ccc(-c2nc3cc(C)c(C)cc3o2)cc1NC(=O)c1cc(Br)ccc1OC. The van der Waals surface area contributed by atoms with Gasteiger partial charge in [0.25, 0.3) is 5.91 Å². The Hall–Kier alpha value is -3.32. The second kappa shape index (κ2) is 8.43. The van der Waals surface area contributed by atoms with Crippen LogP contribution in [0.2, 0.25) is 0 Å². The first kappa shape index (κ1) is 20.9. The summed E-state index contributed by atoms with van der Waals surface area (Å²) in [5, 5.41) is 2.91. The van der Waals surface area contributed by atoms with Crippen LogP contribution in [0.25, 0.3) is 22.6 Å². The monoisotopic (exact) mass is 480 g/mol. The zero-order valence-electron chi connectivity index (χ0n) is 17.6. The van der Waals surface area contributed by atoms with Gasteiger partial charge in [-0.1, -0.05) is 15.9 Å². The molecule has 1 heterocycles. The van der Waals surface area contributed by atoms with Gasteiger partial charge in [-0.05, 0) is 73.5 Å². The number of amides is 1. The van der Waals surface area contributed by atoms with Crippen LogP contribution in [0.5, 0.6) is 11.5 Å². The van der Waals surface area contributed by atoms with Crippen molar-refractivity contribution < 1.29 is 18.7 Å². The van der Waals surface area contributed by atoms with Crippen LogP contribution in [0, 0.1) is 13.8 Å². The minimum atomic E-state index is -0.322. The van der Waals surface area contributed by atoms with Gasteiger partial charge in [0.1, 0.15) is 17.0 Å². The number of carbonyl (C=O) groups is 1. The highest BCUT2D eigenvalue weighted by Crippen LogP contribution is 2.33. The lowest BCUT2D eigenvalue weighted by atomic mass is 10.1. The Balaban J connectivity index is 1.72. The number of oxazole rings is 1. The lowest BCUT2D eigenvalue weighted by Gasteiger charge is -2.13. The number of aromatic nitrogens is 1. The van der Waals surface area contributed by atoms with Gasteiger partial charge in [0.2, 0.25) is 5.89 Å². The molecule has 7 heteroatoms. The van der Waals surface area contributed by atoms with Crippen LogP contribution in [0.3, 0.4) is 0 Å². The standard InChI is InChI=1S/C24H21BrN2O4/c1-13-9-18-22(10-14(13)2)31-24(27-18)15-5-7-21(30-4)19(11-15)26-23(28)17-12-16(25)6-8-20(17)29-3/h5-12H,1-4H3,(H,26,28). The number of hydrogen-bond donors (Lipinski definition) is 1. The zero-order chi connectivity index (χ0) is 22.1. The molecule has 0 bridgehead atoms. The molecule has 3 aromatic carbocycles. The molecule has 0 radical (unpaired) electrons. The summed E-state index contributed by atoms with van der Waals surface area (Å²) in [7, 11) is 3.08. The molecule has 0 atom stereocenters. The molecule has 1 aromatic heterocycles. The van der Waals surface area contributed by atoms with Crippen LogP contribution in [0.4, 0.5) is 5.69 Å². The van der Waals surface area contributed by atoms with Gasteiger partial charge in [-0.15, -0.1) is 0 Å². The van der Waals surface area contributed by atoms with Crippen LogP contribution in [0.15, 0.2) is 57.4 Å². The zero-order valence-corrected chi connectivity index (χ0v) is 19.2. The maximum atomic E-state index is 13.0. The average molecular weight is 481 g/mol. The Morgan fingerprint density at radius 2 is 1.68 bits per heavy atom. The fraction of sp³-hybridized carbons (Fsp3) is 0.167. The summed E-state index contributed by atoms with van der Waals surface area (Å²) in [6.45, 7) is 4.08. The first-order chi connectivity index (χ1) is 14.9. The Labute approximate surface area is 188 Å². The Bertz CT molecular complexity index is 1260. The number of aryl methyl sites for hydroxylation is 2. The molecule has 158 valence electrons. The van der Waals surface area contributed by atoms with E-state index in [-0.39, 0.29) is 5.91 Å². The normalized spacial score (nSPS) is 10.9. The quantitative estimate of drug-likeness (QED) is 0.371. The van der Waals surface area contributed by atoms with Crippen molar-refractivity contribution in [3.05, 3.63) is 69.7 Å². The number of ether oxygens (including phenoxy) is 2. The number of halogens is 1. The fourth-order valence-electron chi connectivity index (χ4n) is 3.29. The summed E-state index contributed by atoms with van der Waals surface area (Å²) in [6.07, 6.45) is 0. The lowest BCUT2D eigenvalue weighted by molar-refractivity contribution is 0.102. The molecule has 6 nitrogen and oxygen atoms in total. The fourth-order valence-corrected chi connectivity index (χ4v) is 3.65. The first-order valence-corrected chi connectivity index (χ1v) is 10.4. The molecule has 1 amide bonds. The molecule has 0 saturated carbocycles. The molecule has 1 N–H and O–H groups in total. The number of hydrogen-bond acceptors (Lipinski definition) is 5. The van der Waals surface area contributed by atoms with Crippen LogP contribution in [0.1, 0.15) is 21.5 Å². The average Bonchev–Trinajstić information content (AvgIpc) is 3.16. The van der Waals surface area contributed by atoms with Gasteiger partial charge in [-0.3, -0.25) is 4.79 Å². The topological polar surface area (TPSA) is 73.6 Å². The Morgan fingerprint density at radius 3 is 2.42 bits per heavy atom. The van der Waals surface area contributed by atoms with E-state index in [0.717, 1.165) is 32.3 Å². The molecule has 4 aromatic rings. The summed E-state index contributed by atoms with van der Waals surface area (Å²) in [5.41, 5.74) is 5.43. The Morgan fingerprint density at radius 1 is 0.968 bits per heavy atom. The predicted molar refractivity (Wildman–Crippen MR) is 124 cm³/mol. The summed E-state index contributed by atoms with van der Waals surface area (Å²) >= 11 is 3.40. The van der Waals surface area contributed by atoms with Crippen LogP contribution < -0.4 is 14.8 Å². The Kier molecular flexibility index (Phi) is 5.69. The summed E-state index contributed by atoms with van der Waals surface area (Å²) < 4.78 is 17.5. The lowest BCUT2D eigenvalue weighted by Crippen LogP contribution is -2.14. The van der Waals surface area contributed by atoms with E-state index >= 15 is 0 Å². The van der Waals surface area contributed by atoms with Crippen LogP contribution in [-0.2, 0) is 0 Å². The molecule has 0 spiro atoms. The third-order valence-corrected chi connectivity index (χ3v) is 5.60. The number of nitrogens with zero attached hydrogens (tertiary/aromatic N) is 1. The van der Waals surface area contributed by atoms with Gasteiger partial charge < -0.3 is 19.2 Å². The number of benzene rings is 3. The third kappa shape index (κ3) is 4.14. The molecular weight excluding hydrogens is 460 g/mol. The van der Waals surface area contributed by atoms with Crippen molar-refractivity contribution in [3.8, 4) is 23.0 Å². The molecule has 0 aliphatic heterocycles. The number of carbonyl (C=O) groups excluding carboxylic acids is 1. The number of nitrogens with one attached hydrogen (secondary N) is 1. The first-order valence-electron chi connectivity index (χ1n) is 9.60. The van der Waals surface area contributed by atoms with Crippen molar-refractivity contribution in [1.29, 1.82) is 0 Å². The molecule has 0 saturated heterocycles. The van der Waals surface area contributed by atoms with Crippen molar-refractivity contribution in [2.75, 3.05) is 19.5 Å². The third-order valence-electron chi connectivity index (χ3n) is 5.10. The van der Waals surface area contributed by atoms with Gasteiger partial charge in [-0.2, -0.15) is 0 Å². The second-order valence-corrected chi connectivity index (χ2v) is 8.05. The van der Waals surface area contributed by atoms with Gasteiger partial charge in [0.05, 0.1) is 25.5 Å².